The van der Waals surface area contributed by atoms with Gasteiger partial charge < -0.3 is 11.2 Å². The van der Waals surface area contributed by atoms with Crippen molar-refractivity contribution in [3.05, 3.63) is 35.9 Å². The molecule has 1 aromatic heterocycles. The van der Waals surface area contributed by atoms with Gasteiger partial charge in [-0.25, -0.2) is 9.99 Å². The van der Waals surface area contributed by atoms with E-state index in [1.54, 1.807) is 6.07 Å². The number of nitrogens with two attached hydrogens (primary N) is 1. The number of aromatic nitrogens is 2. The van der Waals surface area contributed by atoms with Gasteiger partial charge in [-0.15, -0.1) is 0 Å². The van der Waals surface area contributed by atoms with Crippen LogP contribution in [0.1, 0.15) is 18.9 Å². The van der Waals surface area contributed by atoms with Crippen molar-refractivity contribution in [2.45, 2.75) is 19.5 Å². The van der Waals surface area contributed by atoms with E-state index in [-0.39, 0.29) is 5.95 Å². The second-order valence-corrected chi connectivity index (χ2v) is 5.11. The molecule has 0 aliphatic heterocycles. The van der Waals surface area contributed by atoms with Crippen molar-refractivity contribution in [1.29, 1.82) is 0 Å². The van der Waals surface area contributed by atoms with E-state index in [4.69, 9.17) is 5.73 Å². The lowest BCUT2D eigenvalue weighted by Gasteiger charge is -2.18. The number of anilines is 2. The summed E-state index contributed by atoms with van der Waals surface area (Å²) in [6.45, 7) is 2.85. The fourth-order valence-corrected chi connectivity index (χ4v) is 2.09. The van der Waals surface area contributed by atoms with Crippen LogP contribution in [0, 0.1) is 0 Å². The van der Waals surface area contributed by atoms with Crippen LogP contribution in [0.3, 0.4) is 0 Å². The number of nitrogens with zero attached hydrogens (tertiary/aromatic N) is 3. The van der Waals surface area contributed by atoms with E-state index in [1.165, 1.54) is 12.1 Å². The maximum absolute atomic E-state index is 12.6. The Hall–Kier alpha value is -2.35. The van der Waals surface area contributed by atoms with Crippen LogP contribution in [0.15, 0.2) is 30.3 Å². The van der Waals surface area contributed by atoms with Crippen LogP contribution in [-0.4, -0.2) is 28.6 Å². The van der Waals surface area contributed by atoms with E-state index >= 15 is 0 Å². The molecule has 3 N–H and O–H groups in total. The molecule has 124 valence electrons. The summed E-state index contributed by atoms with van der Waals surface area (Å²) in [4.78, 5) is 8.15. The van der Waals surface area contributed by atoms with Crippen LogP contribution in [-0.2, 0) is 6.18 Å². The fraction of sp³-hybridized carbons (Fsp3) is 0.333. The van der Waals surface area contributed by atoms with Crippen molar-refractivity contribution in [1.82, 2.24) is 15.0 Å². The molecule has 0 fully saturated rings. The predicted molar refractivity (Wildman–Crippen MR) is 83.4 cm³/mol. The first-order valence-corrected chi connectivity index (χ1v) is 7.09. The standard InChI is InChI=1S/C15H18F3N5/c1-3-8-23(2)22-13-9-12(20-14(19)21-13)10-4-6-11(7-5-10)15(16,17)18/h4-7,9H,3,8H2,1-2H3,(H3,19,20,21,22). The smallest absolute Gasteiger partial charge is 0.368 e. The molecule has 0 saturated carbocycles. The summed E-state index contributed by atoms with van der Waals surface area (Å²) < 4.78 is 37.8. The average Bonchev–Trinajstić information content (AvgIpc) is 2.46. The Labute approximate surface area is 132 Å². The highest BCUT2D eigenvalue weighted by Gasteiger charge is 2.30. The number of hydrazine groups is 1. The minimum Gasteiger partial charge on any atom is -0.368 e. The van der Waals surface area contributed by atoms with Gasteiger partial charge in [-0.2, -0.15) is 18.2 Å². The highest BCUT2D eigenvalue weighted by Crippen LogP contribution is 2.31. The van der Waals surface area contributed by atoms with Gasteiger partial charge in [0.2, 0.25) is 5.95 Å². The molecular weight excluding hydrogens is 307 g/mol. The molecule has 0 amide bonds. The fourth-order valence-electron chi connectivity index (χ4n) is 2.09. The molecule has 0 saturated heterocycles. The average molecular weight is 325 g/mol. The number of nitrogens with one attached hydrogen (secondary N) is 1. The number of nitrogen functional groups attached to an aromatic ring is 1. The first-order valence-electron chi connectivity index (χ1n) is 7.09. The van der Waals surface area contributed by atoms with Gasteiger partial charge in [0.05, 0.1) is 11.3 Å². The molecule has 0 aliphatic carbocycles. The van der Waals surface area contributed by atoms with Crippen molar-refractivity contribution < 1.29 is 13.2 Å². The first-order chi connectivity index (χ1) is 10.8. The van der Waals surface area contributed by atoms with Crippen molar-refractivity contribution >= 4 is 11.8 Å². The first kappa shape index (κ1) is 17.0. The van der Waals surface area contributed by atoms with Gasteiger partial charge in [0.1, 0.15) is 5.82 Å². The van der Waals surface area contributed by atoms with E-state index in [0.29, 0.717) is 17.1 Å². The Morgan fingerprint density at radius 3 is 2.39 bits per heavy atom. The van der Waals surface area contributed by atoms with Gasteiger partial charge in [0.15, 0.2) is 0 Å². The van der Waals surface area contributed by atoms with Gasteiger partial charge in [0.25, 0.3) is 0 Å². The Kier molecular flexibility index (Phi) is 5.05. The third-order valence-electron chi connectivity index (χ3n) is 3.12. The highest BCUT2D eigenvalue weighted by molar-refractivity contribution is 5.64. The second kappa shape index (κ2) is 6.82. The zero-order chi connectivity index (χ0) is 17.0. The highest BCUT2D eigenvalue weighted by atomic mass is 19.4. The quantitative estimate of drug-likeness (QED) is 0.825. The SMILES string of the molecule is CCCN(C)Nc1cc(-c2ccc(C(F)(F)F)cc2)nc(N)n1. The summed E-state index contributed by atoms with van der Waals surface area (Å²) in [5.41, 5.74) is 9.02. The summed E-state index contributed by atoms with van der Waals surface area (Å²) in [6.07, 6.45) is -3.41. The van der Waals surface area contributed by atoms with Gasteiger partial charge in [-0.05, 0) is 18.6 Å². The zero-order valence-electron chi connectivity index (χ0n) is 12.9. The summed E-state index contributed by atoms with van der Waals surface area (Å²) in [6, 6.07) is 6.41. The van der Waals surface area contributed by atoms with Crippen LogP contribution in [0.5, 0.6) is 0 Å². The minimum absolute atomic E-state index is 0.0507. The maximum atomic E-state index is 12.6. The zero-order valence-corrected chi connectivity index (χ0v) is 12.9. The van der Waals surface area contributed by atoms with Crippen LogP contribution >= 0.6 is 0 Å². The molecule has 23 heavy (non-hydrogen) atoms. The van der Waals surface area contributed by atoms with Crippen LogP contribution in [0.25, 0.3) is 11.3 Å². The number of alkyl halides is 3. The molecule has 8 heteroatoms. The number of halogens is 3. The largest absolute Gasteiger partial charge is 0.416 e. The Morgan fingerprint density at radius 2 is 1.83 bits per heavy atom. The molecule has 0 spiro atoms. The molecule has 2 aromatic rings. The third kappa shape index (κ3) is 4.56. The van der Waals surface area contributed by atoms with E-state index < -0.39 is 11.7 Å². The summed E-state index contributed by atoms with van der Waals surface area (Å²) in [5, 5.41) is 1.85. The van der Waals surface area contributed by atoms with Crippen molar-refractivity contribution in [2.24, 2.45) is 0 Å². The molecule has 5 nitrogen and oxygen atoms in total. The topological polar surface area (TPSA) is 67.1 Å². The minimum atomic E-state index is -4.36. The van der Waals surface area contributed by atoms with Crippen LogP contribution < -0.4 is 11.2 Å². The summed E-state index contributed by atoms with van der Waals surface area (Å²) in [7, 11) is 1.86. The summed E-state index contributed by atoms with van der Waals surface area (Å²) in [5.74, 6) is 0.540. The number of rotatable bonds is 5. The molecule has 0 atom stereocenters. The summed E-state index contributed by atoms with van der Waals surface area (Å²) >= 11 is 0. The van der Waals surface area contributed by atoms with Crippen LogP contribution in [0.2, 0.25) is 0 Å². The molecule has 0 unspecified atom stereocenters. The lowest BCUT2D eigenvalue weighted by molar-refractivity contribution is -0.137. The Morgan fingerprint density at radius 1 is 1.17 bits per heavy atom. The number of hydrogen-bond donors (Lipinski definition) is 2. The number of hydrogen-bond acceptors (Lipinski definition) is 5. The molecular formula is C15H18F3N5. The third-order valence-corrected chi connectivity index (χ3v) is 3.12. The monoisotopic (exact) mass is 325 g/mol. The maximum Gasteiger partial charge on any atom is 0.416 e. The van der Waals surface area contributed by atoms with Gasteiger partial charge >= 0.3 is 6.18 Å². The van der Waals surface area contributed by atoms with E-state index in [9.17, 15) is 13.2 Å². The van der Waals surface area contributed by atoms with Gasteiger partial charge in [-0.1, -0.05) is 19.1 Å². The molecule has 1 heterocycles. The van der Waals surface area contributed by atoms with Gasteiger partial charge in [-0.3, -0.25) is 0 Å². The molecule has 0 bridgehead atoms. The molecule has 0 aliphatic rings. The van der Waals surface area contributed by atoms with E-state index in [1.807, 2.05) is 19.0 Å². The van der Waals surface area contributed by atoms with Gasteiger partial charge in [0, 0.05) is 25.2 Å². The number of benzene rings is 1. The molecule has 0 radical (unpaired) electrons. The lowest BCUT2D eigenvalue weighted by Crippen LogP contribution is -2.26. The lowest BCUT2D eigenvalue weighted by atomic mass is 10.1. The van der Waals surface area contributed by atoms with Crippen LogP contribution in [0.4, 0.5) is 24.9 Å². The van der Waals surface area contributed by atoms with E-state index in [0.717, 1.165) is 25.1 Å². The molecule has 2 rings (SSSR count). The normalized spacial score (nSPS) is 11.7. The van der Waals surface area contributed by atoms with Crippen molar-refractivity contribution in [3.63, 3.8) is 0 Å². The molecule has 1 aromatic carbocycles. The predicted octanol–water partition coefficient (Wildman–Crippen LogP) is 3.41. The van der Waals surface area contributed by atoms with Crippen molar-refractivity contribution in [2.75, 3.05) is 24.8 Å². The van der Waals surface area contributed by atoms with Crippen molar-refractivity contribution in [3.8, 4) is 11.3 Å². The Balaban J connectivity index is 2.27. The Bertz CT molecular complexity index is 655. The second-order valence-electron chi connectivity index (χ2n) is 5.11. The van der Waals surface area contributed by atoms with E-state index in [2.05, 4.69) is 15.4 Å².